The molecule has 2 aromatic heterocycles. The van der Waals surface area contributed by atoms with Crippen molar-refractivity contribution in [3.05, 3.63) is 76.4 Å². The van der Waals surface area contributed by atoms with Gasteiger partial charge in [-0.25, -0.2) is 0 Å². The third kappa shape index (κ3) is 2.91. The number of aryl methyl sites for hydroxylation is 2. The van der Waals surface area contributed by atoms with Gasteiger partial charge in [-0.3, -0.25) is 0 Å². The molecule has 2 heterocycles. The summed E-state index contributed by atoms with van der Waals surface area (Å²) in [6.45, 7) is 4.13. The SMILES string of the molecule is Cc1cc(C)n(-c2cccc(Br)c2)c1-c1nnc(-c2ccccc2)o1. The molecule has 0 aliphatic carbocycles. The predicted octanol–water partition coefficient (Wildman–Crippen LogP) is 5.57. The van der Waals surface area contributed by atoms with Crippen LogP contribution in [0.2, 0.25) is 0 Å². The Morgan fingerprint density at radius 2 is 1.64 bits per heavy atom. The molecule has 0 aliphatic heterocycles. The third-order valence-corrected chi connectivity index (χ3v) is 4.58. The zero-order valence-electron chi connectivity index (χ0n) is 13.9. The van der Waals surface area contributed by atoms with Crippen molar-refractivity contribution in [3.63, 3.8) is 0 Å². The van der Waals surface area contributed by atoms with Gasteiger partial charge in [-0.1, -0.05) is 40.2 Å². The fourth-order valence-electron chi connectivity index (χ4n) is 3.03. The second-order valence-electron chi connectivity index (χ2n) is 5.91. The van der Waals surface area contributed by atoms with E-state index in [1.165, 1.54) is 0 Å². The molecule has 5 heteroatoms. The lowest BCUT2D eigenvalue weighted by atomic mass is 10.2. The molecule has 0 radical (unpaired) electrons. The molecule has 0 amide bonds. The number of halogens is 1. The third-order valence-electron chi connectivity index (χ3n) is 4.09. The van der Waals surface area contributed by atoms with E-state index in [-0.39, 0.29) is 0 Å². The summed E-state index contributed by atoms with van der Waals surface area (Å²) < 4.78 is 9.15. The molecule has 0 unspecified atom stereocenters. The Morgan fingerprint density at radius 1 is 0.880 bits per heavy atom. The summed E-state index contributed by atoms with van der Waals surface area (Å²) in [7, 11) is 0. The molecule has 124 valence electrons. The summed E-state index contributed by atoms with van der Waals surface area (Å²) in [6.07, 6.45) is 0. The van der Waals surface area contributed by atoms with E-state index >= 15 is 0 Å². The van der Waals surface area contributed by atoms with Crippen molar-refractivity contribution >= 4 is 15.9 Å². The van der Waals surface area contributed by atoms with Crippen molar-refractivity contribution in [2.24, 2.45) is 0 Å². The second-order valence-corrected chi connectivity index (χ2v) is 6.83. The first kappa shape index (κ1) is 15.8. The molecule has 4 aromatic rings. The van der Waals surface area contributed by atoms with Gasteiger partial charge in [0.25, 0.3) is 5.89 Å². The van der Waals surface area contributed by atoms with Gasteiger partial charge in [0, 0.05) is 21.4 Å². The van der Waals surface area contributed by atoms with E-state index in [0.717, 1.165) is 32.7 Å². The highest BCUT2D eigenvalue weighted by Gasteiger charge is 2.19. The van der Waals surface area contributed by atoms with Gasteiger partial charge in [-0.05, 0) is 55.8 Å². The molecule has 0 spiro atoms. The largest absolute Gasteiger partial charge is 0.415 e. The lowest BCUT2D eigenvalue weighted by Crippen LogP contribution is -1.99. The Morgan fingerprint density at radius 3 is 2.40 bits per heavy atom. The fraction of sp³-hybridized carbons (Fsp3) is 0.100. The monoisotopic (exact) mass is 393 g/mol. The Labute approximate surface area is 154 Å². The first-order valence-corrected chi connectivity index (χ1v) is 8.77. The number of hydrogen-bond donors (Lipinski definition) is 0. The van der Waals surface area contributed by atoms with E-state index in [1.807, 2.05) is 42.5 Å². The molecule has 0 aliphatic rings. The Bertz CT molecular complexity index is 1030. The van der Waals surface area contributed by atoms with Crippen LogP contribution in [0, 0.1) is 13.8 Å². The van der Waals surface area contributed by atoms with Gasteiger partial charge in [0.1, 0.15) is 5.69 Å². The van der Waals surface area contributed by atoms with Crippen LogP contribution in [-0.4, -0.2) is 14.8 Å². The molecular formula is C20H16BrN3O. The summed E-state index contributed by atoms with van der Waals surface area (Å²) in [4.78, 5) is 0. The minimum absolute atomic E-state index is 0.518. The number of aromatic nitrogens is 3. The van der Waals surface area contributed by atoms with E-state index in [0.29, 0.717) is 11.8 Å². The average Bonchev–Trinajstić information content (AvgIpc) is 3.19. The maximum Gasteiger partial charge on any atom is 0.265 e. The Balaban J connectivity index is 1.86. The van der Waals surface area contributed by atoms with Crippen molar-refractivity contribution in [1.82, 2.24) is 14.8 Å². The smallest absolute Gasteiger partial charge is 0.265 e. The van der Waals surface area contributed by atoms with Crippen molar-refractivity contribution in [2.75, 3.05) is 0 Å². The molecule has 0 saturated carbocycles. The number of rotatable bonds is 3. The Kier molecular flexibility index (Phi) is 4.01. The van der Waals surface area contributed by atoms with E-state index < -0.39 is 0 Å². The Hall–Kier alpha value is -2.66. The highest BCUT2D eigenvalue weighted by Crippen LogP contribution is 2.32. The van der Waals surface area contributed by atoms with Crippen molar-refractivity contribution in [3.8, 4) is 28.7 Å². The molecular weight excluding hydrogens is 378 g/mol. The highest BCUT2D eigenvalue weighted by atomic mass is 79.9. The summed E-state index contributed by atoms with van der Waals surface area (Å²) in [6, 6.07) is 20.1. The van der Waals surface area contributed by atoms with Gasteiger partial charge in [-0.2, -0.15) is 0 Å². The standard InChI is InChI=1S/C20H16BrN3O/c1-13-11-14(2)24(17-10-6-9-16(21)12-17)18(13)20-23-22-19(25-20)15-7-4-3-5-8-15/h3-12H,1-2H3. The summed E-state index contributed by atoms with van der Waals surface area (Å²) >= 11 is 3.54. The van der Waals surface area contributed by atoms with Crippen molar-refractivity contribution in [1.29, 1.82) is 0 Å². The normalized spacial score (nSPS) is 11.0. The van der Waals surface area contributed by atoms with Gasteiger partial charge in [0.05, 0.1) is 0 Å². The van der Waals surface area contributed by atoms with E-state index in [4.69, 9.17) is 4.42 Å². The summed E-state index contributed by atoms with van der Waals surface area (Å²) in [5.41, 5.74) is 5.10. The predicted molar refractivity (Wildman–Crippen MR) is 102 cm³/mol. The zero-order chi connectivity index (χ0) is 17.4. The van der Waals surface area contributed by atoms with Crippen LogP contribution in [0.3, 0.4) is 0 Å². The molecule has 0 bridgehead atoms. The molecule has 2 aromatic carbocycles. The number of nitrogens with zero attached hydrogens (tertiary/aromatic N) is 3. The number of benzene rings is 2. The lowest BCUT2D eigenvalue weighted by Gasteiger charge is -2.10. The van der Waals surface area contributed by atoms with Crippen LogP contribution in [0.1, 0.15) is 11.3 Å². The van der Waals surface area contributed by atoms with Crippen molar-refractivity contribution in [2.45, 2.75) is 13.8 Å². The maximum absolute atomic E-state index is 5.99. The van der Waals surface area contributed by atoms with Gasteiger partial charge in [0.15, 0.2) is 0 Å². The summed E-state index contributed by atoms with van der Waals surface area (Å²) in [5.74, 6) is 1.04. The van der Waals surface area contributed by atoms with Crippen LogP contribution in [-0.2, 0) is 0 Å². The molecule has 0 saturated heterocycles. The highest BCUT2D eigenvalue weighted by molar-refractivity contribution is 9.10. The van der Waals surface area contributed by atoms with E-state index in [2.05, 4.69) is 62.7 Å². The van der Waals surface area contributed by atoms with Crippen LogP contribution < -0.4 is 0 Å². The molecule has 4 rings (SSSR count). The van der Waals surface area contributed by atoms with Gasteiger partial charge >= 0.3 is 0 Å². The van der Waals surface area contributed by atoms with Crippen LogP contribution >= 0.6 is 15.9 Å². The molecule has 0 atom stereocenters. The van der Waals surface area contributed by atoms with Crippen LogP contribution in [0.4, 0.5) is 0 Å². The fourth-order valence-corrected chi connectivity index (χ4v) is 3.41. The van der Waals surface area contributed by atoms with Gasteiger partial charge < -0.3 is 8.98 Å². The molecule has 25 heavy (non-hydrogen) atoms. The lowest BCUT2D eigenvalue weighted by molar-refractivity contribution is 0.580. The van der Waals surface area contributed by atoms with E-state index in [9.17, 15) is 0 Å². The topological polar surface area (TPSA) is 43.9 Å². The van der Waals surface area contributed by atoms with Crippen LogP contribution in [0.5, 0.6) is 0 Å². The first-order chi connectivity index (χ1) is 12.1. The molecule has 0 N–H and O–H groups in total. The minimum Gasteiger partial charge on any atom is -0.415 e. The van der Waals surface area contributed by atoms with Crippen molar-refractivity contribution < 1.29 is 4.42 Å². The summed E-state index contributed by atoms with van der Waals surface area (Å²) in [5, 5.41) is 8.52. The number of hydrogen-bond acceptors (Lipinski definition) is 3. The van der Waals surface area contributed by atoms with Crippen LogP contribution in [0.15, 0.2) is 69.6 Å². The first-order valence-electron chi connectivity index (χ1n) is 7.97. The van der Waals surface area contributed by atoms with Gasteiger partial charge in [0.2, 0.25) is 5.89 Å². The quantitative estimate of drug-likeness (QED) is 0.456. The minimum atomic E-state index is 0.518. The average molecular weight is 394 g/mol. The zero-order valence-corrected chi connectivity index (χ0v) is 15.5. The maximum atomic E-state index is 5.99. The van der Waals surface area contributed by atoms with Gasteiger partial charge in [-0.15, -0.1) is 10.2 Å². The molecule has 0 fully saturated rings. The van der Waals surface area contributed by atoms with E-state index in [1.54, 1.807) is 0 Å². The van der Waals surface area contributed by atoms with Crippen LogP contribution in [0.25, 0.3) is 28.7 Å². The molecule has 4 nitrogen and oxygen atoms in total. The second kappa shape index (κ2) is 6.33.